The largest absolute Gasteiger partial charge is 0.493 e. The van der Waals surface area contributed by atoms with Crippen LogP contribution in [0.4, 0.5) is 5.69 Å². The first kappa shape index (κ1) is 39.7. The lowest BCUT2D eigenvalue weighted by molar-refractivity contribution is 0.0709. The molecule has 2 aromatic rings. The molecule has 0 spiro atoms. The zero-order chi connectivity index (χ0) is 38.9. The van der Waals surface area contributed by atoms with E-state index in [4.69, 9.17) is 18.9 Å². The zero-order valence-corrected chi connectivity index (χ0v) is 33.6. The lowest BCUT2D eigenvalue weighted by Crippen LogP contribution is -2.47. The first-order chi connectivity index (χ1) is 25.7. The Balaban J connectivity index is 1.15. The van der Waals surface area contributed by atoms with E-state index < -0.39 is 34.6 Å². The van der Waals surface area contributed by atoms with Crippen molar-refractivity contribution in [2.45, 2.75) is 70.8 Å². The van der Waals surface area contributed by atoms with Crippen molar-refractivity contribution < 1.29 is 46.1 Å². The third-order valence-corrected chi connectivity index (χ3v) is 15.6. The summed E-state index contributed by atoms with van der Waals surface area (Å²) in [4.78, 5) is 30.8. The molecule has 2 amide bonds. The average Bonchev–Trinajstić information content (AvgIpc) is 3.73. The summed E-state index contributed by atoms with van der Waals surface area (Å²) in [6, 6.07) is 6.02. The van der Waals surface area contributed by atoms with Crippen LogP contribution in [0.15, 0.2) is 47.6 Å². The number of nitrogens with zero attached hydrogens (tertiary/aromatic N) is 2. The summed E-state index contributed by atoms with van der Waals surface area (Å²) in [5, 5.41) is 1.44. The van der Waals surface area contributed by atoms with E-state index in [9.17, 15) is 27.1 Å². The number of nitrogens with one attached hydrogen (secondary N) is 1. The second kappa shape index (κ2) is 16.0. The van der Waals surface area contributed by atoms with Crippen LogP contribution >= 0.6 is 7.14 Å². The van der Waals surface area contributed by atoms with Crippen LogP contribution in [0, 0.1) is 5.92 Å². The molecule has 2 saturated heterocycles. The van der Waals surface area contributed by atoms with Gasteiger partial charge >= 0.3 is 0 Å². The van der Waals surface area contributed by atoms with E-state index in [2.05, 4.69) is 18.3 Å². The van der Waals surface area contributed by atoms with Gasteiger partial charge in [0.05, 0.1) is 51.9 Å². The number of rotatable bonds is 13. The first-order valence-electron chi connectivity index (χ1n) is 18.6. The monoisotopic (exact) mass is 785 g/mol. The van der Waals surface area contributed by atoms with Gasteiger partial charge in [-0.3, -0.25) is 14.1 Å². The number of hydrogen-bond acceptors (Lipinski definition) is 10. The van der Waals surface area contributed by atoms with E-state index in [0.29, 0.717) is 48.8 Å². The van der Waals surface area contributed by atoms with Gasteiger partial charge in [-0.1, -0.05) is 37.1 Å². The van der Waals surface area contributed by atoms with Gasteiger partial charge < -0.3 is 38.6 Å². The van der Waals surface area contributed by atoms with Crippen molar-refractivity contribution in [3.8, 4) is 23.0 Å². The van der Waals surface area contributed by atoms with Gasteiger partial charge in [-0.2, -0.15) is 8.42 Å². The summed E-state index contributed by atoms with van der Waals surface area (Å²) in [6.45, 7) is 9.13. The van der Waals surface area contributed by atoms with Crippen LogP contribution in [0.1, 0.15) is 73.2 Å². The Kier molecular flexibility index (Phi) is 11.8. The van der Waals surface area contributed by atoms with Crippen molar-refractivity contribution in [2.75, 3.05) is 64.3 Å². The Labute approximate surface area is 318 Å². The number of ether oxygens (including phenoxy) is 4. The molecule has 2 N–H and O–H groups in total. The van der Waals surface area contributed by atoms with Crippen LogP contribution in [0.2, 0.25) is 0 Å². The molecule has 6 rings (SSSR count). The number of amides is 2. The Bertz CT molecular complexity index is 2010. The molecule has 0 aromatic heterocycles. The van der Waals surface area contributed by atoms with Crippen molar-refractivity contribution in [1.82, 2.24) is 9.80 Å². The highest BCUT2D eigenvalue weighted by molar-refractivity contribution is 7.86. The molecule has 0 bridgehead atoms. The Hall–Kier alpha value is -4.00. The minimum Gasteiger partial charge on any atom is -0.493 e. The molecule has 0 aliphatic carbocycles. The van der Waals surface area contributed by atoms with Crippen LogP contribution in [-0.2, 0) is 21.1 Å². The van der Waals surface area contributed by atoms with Crippen molar-refractivity contribution in [3.05, 3.63) is 64.3 Å². The lowest BCUT2D eigenvalue weighted by atomic mass is 9.91. The van der Waals surface area contributed by atoms with Gasteiger partial charge in [-0.25, -0.2) is 0 Å². The van der Waals surface area contributed by atoms with E-state index in [-0.39, 0.29) is 66.5 Å². The van der Waals surface area contributed by atoms with Gasteiger partial charge in [0, 0.05) is 49.2 Å². The minimum atomic E-state index is -4.60. The fourth-order valence-corrected chi connectivity index (χ4v) is 11.5. The standard InChI is InChI=1S/C39H52N3O10PS/c1-7-12-53(45,13-10-51-35-18-27-15-24(4)31-16-25(8-2)22-41(31)38(43)28(27)19-33(35)49-5)14-11-52-36-21-30-29(20-34(36)50-6)39(44)42-23-26(9-3)17-32(42)37(40-30)54(46,47)48/h8-9,18-21,24,31-32,37,40H,7,10-17,22-23H2,1-6H3,(H,46,47,48)/b25-8+,26-9+/t24?,31-,32-,37?,53?/m0/s1. The van der Waals surface area contributed by atoms with Gasteiger partial charge in [0.2, 0.25) is 0 Å². The SMILES string of the molecule is C/C=C1\C[C@H]2C(C)Cc3cc(OCCP(=O)(CCC)CCOc4cc5c(cc4OC)C(=O)N4C/C(=C/C)C[C@H]4C(S(=O)(=O)O)N5)c(OC)cc3C(=O)N2C1. The first-order valence-corrected chi connectivity index (χ1v) is 22.4. The Morgan fingerprint density at radius 3 is 1.91 bits per heavy atom. The number of carbonyl (C=O) groups excluding carboxylic acids is 2. The van der Waals surface area contributed by atoms with Gasteiger partial charge in [-0.15, -0.1) is 0 Å². The predicted octanol–water partition coefficient (Wildman–Crippen LogP) is 6.09. The molecule has 4 aliphatic rings. The lowest BCUT2D eigenvalue weighted by Gasteiger charge is -2.26. The number of benzene rings is 2. The van der Waals surface area contributed by atoms with Crippen LogP contribution in [0.3, 0.4) is 0 Å². The van der Waals surface area contributed by atoms with E-state index in [1.54, 1.807) is 13.2 Å². The maximum absolute atomic E-state index is 14.2. The molecule has 13 nitrogen and oxygen atoms in total. The van der Waals surface area contributed by atoms with Crippen LogP contribution in [-0.4, -0.2) is 111 Å². The number of carbonyl (C=O) groups is 2. The molecule has 2 aromatic carbocycles. The third kappa shape index (κ3) is 7.88. The van der Waals surface area contributed by atoms with E-state index >= 15 is 0 Å². The molecule has 2 fully saturated rings. The molecule has 3 unspecified atom stereocenters. The fourth-order valence-electron chi connectivity index (χ4n) is 8.27. The Morgan fingerprint density at radius 1 is 0.815 bits per heavy atom. The molecule has 54 heavy (non-hydrogen) atoms. The van der Waals surface area contributed by atoms with Crippen molar-refractivity contribution in [1.29, 1.82) is 0 Å². The van der Waals surface area contributed by atoms with Crippen LogP contribution < -0.4 is 24.3 Å². The highest BCUT2D eigenvalue weighted by Crippen LogP contribution is 2.47. The molecule has 0 radical (unpaired) electrons. The Morgan fingerprint density at radius 2 is 1.35 bits per heavy atom. The summed E-state index contributed by atoms with van der Waals surface area (Å²) in [5.74, 6) is 1.34. The molecular weight excluding hydrogens is 733 g/mol. The molecule has 5 atom stereocenters. The smallest absolute Gasteiger partial charge is 0.288 e. The number of anilines is 1. The molecule has 294 valence electrons. The molecule has 0 saturated carbocycles. The molecule has 4 aliphatic heterocycles. The third-order valence-electron chi connectivity index (χ3n) is 11.3. The zero-order valence-electron chi connectivity index (χ0n) is 31.9. The maximum Gasteiger partial charge on any atom is 0.288 e. The average molecular weight is 786 g/mol. The topological polar surface area (TPSA) is 161 Å². The van der Waals surface area contributed by atoms with E-state index in [1.807, 2.05) is 37.8 Å². The number of methoxy groups -OCH3 is 2. The predicted molar refractivity (Wildman–Crippen MR) is 208 cm³/mol. The number of hydrogen-bond donors (Lipinski definition) is 2. The van der Waals surface area contributed by atoms with Crippen molar-refractivity contribution in [3.63, 3.8) is 0 Å². The molecular formula is C39H52N3O10PS. The number of allylic oxidation sites excluding steroid dienone is 2. The molecule has 15 heteroatoms. The summed E-state index contributed by atoms with van der Waals surface area (Å²) in [6.07, 6.45) is 7.59. The highest BCUT2D eigenvalue weighted by atomic mass is 32.2. The van der Waals surface area contributed by atoms with Crippen LogP contribution in [0.25, 0.3) is 0 Å². The van der Waals surface area contributed by atoms with Gasteiger partial charge in [0.1, 0.15) is 0 Å². The van der Waals surface area contributed by atoms with Crippen molar-refractivity contribution in [2.24, 2.45) is 5.92 Å². The number of fused-ring (bicyclic) bond motifs is 4. The summed E-state index contributed by atoms with van der Waals surface area (Å²) >= 11 is 0. The van der Waals surface area contributed by atoms with Gasteiger partial charge in [-0.05, 0) is 69.2 Å². The second-order valence-electron chi connectivity index (χ2n) is 14.7. The quantitative estimate of drug-likeness (QED) is 0.138. The molecule has 4 heterocycles. The van der Waals surface area contributed by atoms with Crippen LogP contribution in [0.5, 0.6) is 23.0 Å². The summed E-state index contributed by atoms with van der Waals surface area (Å²) in [7, 11) is -4.42. The summed E-state index contributed by atoms with van der Waals surface area (Å²) in [5.41, 5.74) is 4.10. The fraction of sp³-hybridized carbons (Fsp3) is 0.538. The highest BCUT2D eigenvalue weighted by Gasteiger charge is 2.46. The summed E-state index contributed by atoms with van der Waals surface area (Å²) < 4.78 is 73.1. The maximum atomic E-state index is 14.2. The second-order valence-corrected chi connectivity index (χ2v) is 19.7. The van der Waals surface area contributed by atoms with Gasteiger partial charge in [0.15, 0.2) is 28.4 Å². The van der Waals surface area contributed by atoms with E-state index in [1.165, 1.54) is 29.7 Å². The van der Waals surface area contributed by atoms with Gasteiger partial charge in [0.25, 0.3) is 21.9 Å². The van der Waals surface area contributed by atoms with Crippen molar-refractivity contribution >= 4 is 34.8 Å². The minimum absolute atomic E-state index is 0.00330. The normalized spacial score (nSPS) is 24.9. The van der Waals surface area contributed by atoms with E-state index in [0.717, 1.165) is 24.0 Å².